The van der Waals surface area contributed by atoms with Crippen molar-refractivity contribution in [2.45, 2.75) is 231 Å². The Morgan fingerprint density at radius 1 is 0.500 bits per heavy atom. The van der Waals surface area contributed by atoms with Crippen molar-refractivity contribution >= 4 is 0 Å². The fourth-order valence-electron chi connectivity index (χ4n) is 5.33. The first kappa shape index (κ1) is 50.7. The van der Waals surface area contributed by atoms with Gasteiger partial charge in [-0.25, -0.2) is 0 Å². The van der Waals surface area contributed by atoms with Crippen molar-refractivity contribution in [3.63, 3.8) is 0 Å². The van der Waals surface area contributed by atoms with Crippen LogP contribution in [-0.2, 0) is 0 Å². The van der Waals surface area contributed by atoms with Crippen molar-refractivity contribution in [3.8, 4) is 0 Å². The summed E-state index contributed by atoms with van der Waals surface area (Å²) < 4.78 is 0. The topological polar surface area (TPSA) is 0 Å². The molecule has 1 heteroatoms. The number of hydrogen-bond donors (Lipinski definition) is 0. The average molecular weight is 549 g/mol. The van der Waals surface area contributed by atoms with Crippen LogP contribution in [0, 0.1) is 11.3 Å². The van der Waals surface area contributed by atoms with Gasteiger partial charge in [0.05, 0.1) is 0 Å². The van der Waals surface area contributed by atoms with E-state index in [4.69, 9.17) is 0 Å². The van der Waals surface area contributed by atoms with E-state index < -0.39 is 0 Å². The van der Waals surface area contributed by atoms with Crippen LogP contribution < -0.4 is 0 Å². The highest BCUT2D eigenvalue weighted by Crippen LogP contribution is 2.44. The van der Waals surface area contributed by atoms with Gasteiger partial charge >= 0.3 is 0 Å². The van der Waals surface area contributed by atoms with Crippen LogP contribution in [-0.4, -0.2) is 0 Å². The SMILES string of the molecule is C.CC.CC.CCCCC1(CCCC)CCCCCC(C)C1.CCCCCCC.CCCCCCCC.F. The monoisotopic (exact) mass is 549 g/mol. The average Bonchev–Trinajstić information content (AvgIpc) is 2.91. The van der Waals surface area contributed by atoms with Crippen LogP contribution in [0.15, 0.2) is 0 Å². The molecule has 0 amide bonds. The molecular formula is C37H85F. The van der Waals surface area contributed by atoms with Gasteiger partial charge in [0.25, 0.3) is 0 Å². The van der Waals surface area contributed by atoms with Gasteiger partial charge in [-0.1, -0.05) is 206 Å². The molecule has 0 saturated heterocycles. The third-order valence-electron chi connectivity index (χ3n) is 7.47. The fraction of sp³-hybridized carbons (Fsp3) is 1.00. The lowest BCUT2D eigenvalue weighted by Crippen LogP contribution is -2.25. The first-order chi connectivity index (χ1) is 17.6. The summed E-state index contributed by atoms with van der Waals surface area (Å²) >= 11 is 0. The normalized spacial score (nSPS) is 15.4. The van der Waals surface area contributed by atoms with Crippen molar-refractivity contribution in [1.82, 2.24) is 0 Å². The molecule has 1 saturated carbocycles. The molecule has 0 spiro atoms. The number of halogens is 1. The Labute approximate surface area is 247 Å². The van der Waals surface area contributed by atoms with Crippen molar-refractivity contribution in [1.29, 1.82) is 0 Å². The van der Waals surface area contributed by atoms with E-state index in [-0.39, 0.29) is 12.1 Å². The van der Waals surface area contributed by atoms with E-state index >= 15 is 0 Å². The van der Waals surface area contributed by atoms with Gasteiger partial charge in [-0.05, 0) is 37.0 Å². The maximum atomic E-state index is 2.50. The second-order valence-electron chi connectivity index (χ2n) is 11.1. The molecule has 0 radical (unpaired) electrons. The Balaban J connectivity index is -0.000000103. The molecular weight excluding hydrogens is 463 g/mol. The largest absolute Gasteiger partial charge is 0.269 e. The first-order valence-electron chi connectivity index (χ1n) is 17.6. The third kappa shape index (κ3) is 40.4. The molecule has 0 aromatic carbocycles. The zero-order valence-electron chi connectivity index (χ0n) is 28.7. The predicted molar refractivity (Wildman–Crippen MR) is 184 cm³/mol. The van der Waals surface area contributed by atoms with E-state index in [9.17, 15) is 0 Å². The van der Waals surface area contributed by atoms with Gasteiger partial charge in [-0.15, -0.1) is 0 Å². The van der Waals surface area contributed by atoms with Crippen molar-refractivity contribution < 1.29 is 4.70 Å². The summed E-state index contributed by atoms with van der Waals surface area (Å²) in [6.45, 7) is 24.2. The highest BCUT2D eigenvalue weighted by molar-refractivity contribution is 4.83. The molecule has 0 nitrogen and oxygen atoms in total. The summed E-state index contributed by atoms with van der Waals surface area (Å²) in [5, 5.41) is 0. The minimum Gasteiger partial charge on any atom is -0.269 e. The highest BCUT2D eigenvalue weighted by Gasteiger charge is 2.31. The number of unbranched alkanes of at least 4 members (excludes halogenated alkanes) is 11. The van der Waals surface area contributed by atoms with Crippen LogP contribution in [0.5, 0.6) is 0 Å². The fourth-order valence-corrected chi connectivity index (χ4v) is 5.33. The lowest BCUT2D eigenvalue weighted by atomic mass is 9.67. The molecule has 0 N–H and O–H groups in total. The second-order valence-corrected chi connectivity index (χ2v) is 11.1. The molecule has 0 aromatic rings. The summed E-state index contributed by atoms with van der Waals surface area (Å²) in [5.74, 6) is 0.976. The molecule has 38 heavy (non-hydrogen) atoms. The summed E-state index contributed by atoms with van der Waals surface area (Å²) in [7, 11) is 0. The Morgan fingerprint density at radius 2 is 0.842 bits per heavy atom. The Hall–Kier alpha value is -0.0700. The van der Waals surface area contributed by atoms with E-state index in [0.717, 1.165) is 11.3 Å². The van der Waals surface area contributed by atoms with Crippen molar-refractivity contribution in [3.05, 3.63) is 0 Å². The molecule has 1 aliphatic rings. The molecule has 1 atom stereocenters. The standard InChI is InChI=1S/C17H34.C8H18.C7H16.2C2H6.CH4.FH/c1-4-6-12-17(13-7-5-2)14-10-8-9-11-16(3)15-17;1-3-5-7-8-6-4-2;1-3-5-7-6-4-2;2*1-2;;/h16H,4-15H2,1-3H3;3-8H2,1-2H3;3-7H2,1-2H3;2*1-2H3;1H4;1H. The van der Waals surface area contributed by atoms with Gasteiger partial charge in [0, 0.05) is 0 Å². The molecule has 1 rings (SSSR count). The summed E-state index contributed by atoms with van der Waals surface area (Å²) in [4.78, 5) is 0. The summed E-state index contributed by atoms with van der Waals surface area (Å²) in [6.07, 6.45) is 33.2. The zero-order chi connectivity index (χ0) is 28.3. The van der Waals surface area contributed by atoms with Crippen LogP contribution in [0.2, 0.25) is 0 Å². The maximum absolute atomic E-state index is 2.50. The smallest absolute Gasteiger partial charge is 0.0295 e. The van der Waals surface area contributed by atoms with E-state index in [1.54, 1.807) is 0 Å². The molecule has 0 heterocycles. The van der Waals surface area contributed by atoms with E-state index in [0.29, 0.717) is 0 Å². The summed E-state index contributed by atoms with van der Waals surface area (Å²) in [5.41, 5.74) is 0.728. The van der Waals surface area contributed by atoms with Crippen LogP contribution >= 0.6 is 0 Å². The summed E-state index contributed by atoms with van der Waals surface area (Å²) in [6, 6.07) is 0. The van der Waals surface area contributed by atoms with Crippen molar-refractivity contribution in [2.75, 3.05) is 0 Å². The predicted octanol–water partition coefficient (Wildman–Crippen LogP) is 15.5. The highest BCUT2D eigenvalue weighted by atomic mass is 19.0. The molecule has 1 fully saturated rings. The molecule has 240 valence electrons. The Kier molecular flexibility index (Phi) is 62.4. The van der Waals surface area contributed by atoms with Crippen LogP contribution in [0.3, 0.4) is 0 Å². The van der Waals surface area contributed by atoms with Crippen molar-refractivity contribution in [2.24, 2.45) is 11.3 Å². The second kappa shape index (κ2) is 46.8. The minimum absolute atomic E-state index is 0. The van der Waals surface area contributed by atoms with E-state index in [2.05, 4.69) is 48.5 Å². The quantitative estimate of drug-likeness (QED) is 0.178. The van der Waals surface area contributed by atoms with Crippen LogP contribution in [0.25, 0.3) is 0 Å². The van der Waals surface area contributed by atoms with Crippen LogP contribution in [0.1, 0.15) is 231 Å². The van der Waals surface area contributed by atoms with Gasteiger partial charge in [0.2, 0.25) is 0 Å². The van der Waals surface area contributed by atoms with Gasteiger partial charge < -0.3 is 0 Å². The van der Waals surface area contributed by atoms with Gasteiger partial charge in [-0.3, -0.25) is 4.70 Å². The lowest BCUT2D eigenvalue weighted by molar-refractivity contribution is 0.137. The Bertz CT molecular complexity index is 301. The zero-order valence-corrected chi connectivity index (χ0v) is 28.7. The minimum atomic E-state index is 0. The van der Waals surface area contributed by atoms with E-state index in [1.807, 2.05) is 27.7 Å². The Morgan fingerprint density at radius 3 is 1.18 bits per heavy atom. The molecule has 0 aromatic heterocycles. The molecule has 1 aliphatic carbocycles. The number of rotatable bonds is 15. The molecule has 0 aliphatic heterocycles. The molecule has 0 bridgehead atoms. The first-order valence-corrected chi connectivity index (χ1v) is 17.6. The van der Waals surface area contributed by atoms with Gasteiger partial charge in [0.15, 0.2) is 0 Å². The van der Waals surface area contributed by atoms with Gasteiger partial charge in [0.1, 0.15) is 0 Å². The number of hydrogen-bond acceptors (Lipinski definition) is 0. The molecule has 1 unspecified atom stereocenters. The van der Waals surface area contributed by atoms with E-state index in [1.165, 1.54) is 148 Å². The maximum Gasteiger partial charge on any atom is -0.0295 e. The third-order valence-corrected chi connectivity index (χ3v) is 7.47. The van der Waals surface area contributed by atoms with Gasteiger partial charge in [-0.2, -0.15) is 0 Å². The lowest BCUT2D eigenvalue weighted by Gasteiger charge is -2.38. The van der Waals surface area contributed by atoms with Crippen LogP contribution in [0.4, 0.5) is 4.70 Å².